The first kappa shape index (κ1) is 7.64. The molecule has 0 aromatic heterocycles. The Labute approximate surface area is 65.7 Å². The van der Waals surface area contributed by atoms with Gasteiger partial charge in [-0.1, -0.05) is 0 Å². The van der Waals surface area contributed by atoms with E-state index >= 15 is 0 Å². The van der Waals surface area contributed by atoms with E-state index in [0.29, 0.717) is 0 Å². The molecule has 0 aromatic rings. The van der Waals surface area contributed by atoms with E-state index in [1.54, 1.807) is 0 Å². The number of nitrogens with one attached hydrogen (secondary N) is 1. The summed E-state index contributed by atoms with van der Waals surface area (Å²) in [6.45, 7) is 2.97. The van der Waals surface area contributed by atoms with E-state index in [1.807, 2.05) is 6.92 Å². The van der Waals surface area contributed by atoms with E-state index in [-0.39, 0.29) is 10.4 Å². The molecule has 0 saturated carbocycles. The van der Waals surface area contributed by atoms with E-state index in [2.05, 4.69) is 5.32 Å². The minimum Gasteiger partial charge on any atom is -0.300 e. The topological polar surface area (TPSA) is 12.0 Å². The van der Waals surface area contributed by atoms with Crippen molar-refractivity contribution in [2.45, 2.75) is 30.1 Å². The lowest BCUT2D eigenvalue weighted by atomic mass is 10.0. The SMILES string of the molecule is CC1(Cl)CCCNC1Cl. The first-order valence-corrected chi connectivity index (χ1v) is 4.01. The van der Waals surface area contributed by atoms with Crippen LogP contribution in [0.3, 0.4) is 0 Å². The van der Waals surface area contributed by atoms with Crippen LogP contribution in [0.4, 0.5) is 0 Å². The lowest BCUT2D eigenvalue weighted by Gasteiger charge is -2.32. The van der Waals surface area contributed by atoms with Gasteiger partial charge in [-0.15, -0.1) is 23.2 Å². The molecule has 0 aliphatic carbocycles. The van der Waals surface area contributed by atoms with Gasteiger partial charge in [0, 0.05) is 0 Å². The van der Waals surface area contributed by atoms with Crippen molar-refractivity contribution in [3.05, 3.63) is 0 Å². The van der Waals surface area contributed by atoms with Crippen LogP contribution >= 0.6 is 23.2 Å². The van der Waals surface area contributed by atoms with Crippen LogP contribution in [-0.2, 0) is 0 Å². The maximum atomic E-state index is 6.03. The third-order valence-corrected chi connectivity index (χ3v) is 2.85. The van der Waals surface area contributed by atoms with Crippen LogP contribution in [0.15, 0.2) is 0 Å². The van der Waals surface area contributed by atoms with Gasteiger partial charge in [0.1, 0.15) is 5.50 Å². The van der Waals surface area contributed by atoms with Crippen molar-refractivity contribution in [2.75, 3.05) is 6.54 Å². The molecule has 2 atom stereocenters. The van der Waals surface area contributed by atoms with Crippen molar-refractivity contribution in [3.8, 4) is 0 Å². The van der Waals surface area contributed by atoms with Crippen LogP contribution in [0.5, 0.6) is 0 Å². The monoisotopic (exact) mass is 167 g/mol. The van der Waals surface area contributed by atoms with Gasteiger partial charge in [-0.3, -0.25) is 5.32 Å². The summed E-state index contributed by atoms with van der Waals surface area (Å²) in [7, 11) is 0. The zero-order chi connectivity index (χ0) is 6.91. The van der Waals surface area contributed by atoms with E-state index in [9.17, 15) is 0 Å². The van der Waals surface area contributed by atoms with Crippen LogP contribution in [0.1, 0.15) is 19.8 Å². The Hall–Kier alpha value is 0.540. The minimum absolute atomic E-state index is 0.0621. The molecule has 2 unspecified atom stereocenters. The Bertz CT molecular complexity index is 103. The maximum absolute atomic E-state index is 6.03. The molecule has 9 heavy (non-hydrogen) atoms. The summed E-state index contributed by atoms with van der Waals surface area (Å²) < 4.78 is 0. The van der Waals surface area contributed by atoms with Crippen LogP contribution in [-0.4, -0.2) is 16.9 Å². The molecule has 1 aliphatic rings. The highest BCUT2D eigenvalue weighted by Gasteiger charge is 2.32. The van der Waals surface area contributed by atoms with Gasteiger partial charge in [-0.2, -0.15) is 0 Å². The van der Waals surface area contributed by atoms with Crippen molar-refractivity contribution in [2.24, 2.45) is 0 Å². The Kier molecular flexibility index (Phi) is 2.25. The molecule has 0 aromatic carbocycles. The zero-order valence-corrected chi connectivity index (χ0v) is 6.97. The third-order valence-electron chi connectivity index (χ3n) is 1.69. The fraction of sp³-hybridized carbons (Fsp3) is 1.00. The van der Waals surface area contributed by atoms with E-state index in [0.717, 1.165) is 19.4 Å². The van der Waals surface area contributed by atoms with Crippen LogP contribution in [0.25, 0.3) is 0 Å². The molecule has 1 heterocycles. The molecule has 0 spiro atoms. The highest BCUT2D eigenvalue weighted by Crippen LogP contribution is 2.30. The van der Waals surface area contributed by atoms with Gasteiger partial charge in [0.2, 0.25) is 0 Å². The van der Waals surface area contributed by atoms with Crippen molar-refractivity contribution in [1.29, 1.82) is 0 Å². The minimum atomic E-state index is -0.236. The molecule has 3 heteroatoms. The lowest BCUT2D eigenvalue weighted by Crippen LogP contribution is -2.45. The Morgan fingerprint density at radius 1 is 1.67 bits per heavy atom. The highest BCUT2D eigenvalue weighted by atomic mass is 35.5. The Morgan fingerprint density at radius 3 is 2.67 bits per heavy atom. The fourth-order valence-corrected chi connectivity index (χ4v) is 1.43. The van der Waals surface area contributed by atoms with Crippen LogP contribution in [0.2, 0.25) is 0 Å². The second-order valence-electron chi connectivity index (χ2n) is 2.70. The van der Waals surface area contributed by atoms with Gasteiger partial charge < -0.3 is 0 Å². The van der Waals surface area contributed by atoms with Crippen molar-refractivity contribution >= 4 is 23.2 Å². The number of alkyl halides is 2. The average molecular weight is 168 g/mol. The molecular weight excluding hydrogens is 157 g/mol. The number of hydrogen-bond donors (Lipinski definition) is 1. The molecule has 1 N–H and O–H groups in total. The molecular formula is C6H11Cl2N. The smallest absolute Gasteiger partial charge is 0.102 e. The average Bonchev–Trinajstić information content (AvgIpc) is 1.77. The predicted octanol–water partition coefficient (Wildman–Crippen LogP) is 1.93. The highest BCUT2D eigenvalue weighted by molar-refractivity contribution is 6.32. The molecule has 1 rings (SSSR count). The van der Waals surface area contributed by atoms with Gasteiger partial charge in [0.05, 0.1) is 4.87 Å². The maximum Gasteiger partial charge on any atom is 0.102 e. The first-order chi connectivity index (χ1) is 4.13. The van der Waals surface area contributed by atoms with Gasteiger partial charge in [0.25, 0.3) is 0 Å². The molecule has 1 saturated heterocycles. The summed E-state index contributed by atoms with van der Waals surface area (Å²) in [5, 5.41) is 3.11. The summed E-state index contributed by atoms with van der Waals surface area (Å²) in [6, 6.07) is 0. The number of hydrogen-bond acceptors (Lipinski definition) is 1. The largest absolute Gasteiger partial charge is 0.300 e. The molecule has 0 radical (unpaired) electrons. The normalized spacial score (nSPS) is 45.0. The standard InChI is InChI=1S/C6H11Cl2N/c1-6(8)3-2-4-9-5(6)7/h5,9H,2-4H2,1H3. The van der Waals surface area contributed by atoms with Crippen LogP contribution < -0.4 is 5.32 Å². The number of rotatable bonds is 0. The molecule has 0 amide bonds. The summed E-state index contributed by atoms with van der Waals surface area (Å²) in [5.41, 5.74) is -0.0621. The fourth-order valence-electron chi connectivity index (χ4n) is 1.00. The summed E-state index contributed by atoms with van der Waals surface area (Å²) in [6.07, 6.45) is 2.14. The van der Waals surface area contributed by atoms with E-state index < -0.39 is 0 Å². The summed E-state index contributed by atoms with van der Waals surface area (Å²) in [4.78, 5) is -0.236. The molecule has 1 fully saturated rings. The second-order valence-corrected chi connectivity index (χ2v) is 4.00. The van der Waals surface area contributed by atoms with E-state index in [4.69, 9.17) is 23.2 Å². The van der Waals surface area contributed by atoms with Crippen molar-refractivity contribution in [1.82, 2.24) is 5.32 Å². The molecule has 0 bridgehead atoms. The van der Waals surface area contributed by atoms with Crippen LogP contribution in [0, 0.1) is 0 Å². The Balaban J connectivity index is 2.49. The van der Waals surface area contributed by atoms with Crippen molar-refractivity contribution < 1.29 is 0 Å². The van der Waals surface area contributed by atoms with E-state index in [1.165, 1.54) is 0 Å². The predicted molar refractivity (Wildman–Crippen MR) is 41.1 cm³/mol. The lowest BCUT2D eigenvalue weighted by molar-refractivity contribution is 0.400. The quantitative estimate of drug-likeness (QED) is 0.430. The molecule has 54 valence electrons. The van der Waals surface area contributed by atoms with Gasteiger partial charge in [-0.25, -0.2) is 0 Å². The van der Waals surface area contributed by atoms with Gasteiger partial charge in [0.15, 0.2) is 0 Å². The number of piperidine rings is 1. The van der Waals surface area contributed by atoms with Crippen molar-refractivity contribution in [3.63, 3.8) is 0 Å². The Morgan fingerprint density at radius 2 is 2.33 bits per heavy atom. The zero-order valence-electron chi connectivity index (χ0n) is 5.45. The number of halogens is 2. The summed E-state index contributed by atoms with van der Waals surface area (Å²) in [5.74, 6) is 0. The van der Waals surface area contributed by atoms with Gasteiger partial charge in [-0.05, 0) is 26.3 Å². The second kappa shape index (κ2) is 2.65. The third kappa shape index (κ3) is 1.73. The molecule has 1 aliphatic heterocycles. The summed E-state index contributed by atoms with van der Waals surface area (Å²) >= 11 is 11.9. The van der Waals surface area contributed by atoms with Gasteiger partial charge >= 0.3 is 0 Å². The first-order valence-electron chi connectivity index (χ1n) is 3.19. The molecule has 1 nitrogen and oxygen atoms in total.